The fourth-order valence-corrected chi connectivity index (χ4v) is 2.48. The van der Waals surface area contributed by atoms with Gasteiger partial charge in [-0.05, 0) is 33.8 Å². The lowest BCUT2D eigenvalue weighted by Crippen LogP contribution is -2.41. The summed E-state index contributed by atoms with van der Waals surface area (Å²) in [4.78, 5) is 6.56. The summed E-state index contributed by atoms with van der Waals surface area (Å²) in [6.45, 7) is 12.0. The van der Waals surface area contributed by atoms with E-state index >= 15 is 0 Å². The van der Waals surface area contributed by atoms with Crippen LogP contribution in [-0.2, 0) is 14.0 Å². The first-order valence-corrected chi connectivity index (χ1v) is 8.12. The van der Waals surface area contributed by atoms with Crippen molar-refractivity contribution in [1.82, 2.24) is 9.88 Å². The van der Waals surface area contributed by atoms with Crippen molar-refractivity contribution in [2.45, 2.75) is 38.9 Å². The van der Waals surface area contributed by atoms with Gasteiger partial charge in [-0.3, -0.25) is 4.90 Å². The summed E-state index contributed by atoms with van der Waals surface area (Å²) in [5, 5.41) is 0. The molecule has 0 bridgehead atoms. The van der Waals surface area contributed by atoms with Crippen molar-refractivity contribution in [2.75, 3.05) is 33.0 Å². The van der Waals surface area contributed by atoms with Crippen LogP contribution in [0.15, 0.2) is 18.3 Å². The van der Waals surface area contributed by atoms with Crippen molar-refractivity contribution in [3.63, 3.8) is 0 Å². The van der Waals surface area contributed by atoms with Crippen LogP contribution in [0, 0.1) is 0 Å². The number of nitrogens with zero attached hydrogens (tertiary/aromatic N) is 2. The Morgan fingerprint density at radius 3 is 2.35 bits per heavy atom. The normalized spacial score (nSPS) is 23.9. The largest absolute Gasteiger partial charge is 0.496 e. The molecule has 0 spiro atoms. The quantitative estimate of drug-likeness (QED) is 0.773. The van der Waals surface area contributed by atoms with Gasteiger partial charge >= 0.3 is 7.12 Å². The highest BCUT2D eigenvalue weighted by molar-refractivity contribution is 6.62. The minimum atomic E-state index is -0.388. The Balaban J connectivity index is 1.57. The van der Waals surface area contributed by atoms with E-state index in [-0.39, 0.29) is 18.3 Å². The molecule has 1 aromatic rings. The first-order valence-electron chi connectivity index (χ1n) is 8.12. The van der Waals surface area contributed by atoms with Gasteiger partial charge in [-0.2, -0.15) is 0 Å². The molecule has 7 heteroatoms. The van der Waals surface area contributed by atoms with Gasteiger partial charge in [0.25, 0.3) is 0 Å². The Kier molecular flexibility index (Phi) is 4.64. The van der Waals surface area contributed by atoms with E-state index in [2.05, 4.69) is 9.88 Å². The Morgan fingerprint density at radius 2 is 1.78 bits per heavy atom. The first kappa shape index (κ1) is 16.7. The average molecular weight is 320 g/mol. The smallest absolute Gasteiger partial charge is 0.461 e. The highest BCUT2D eigenvalue weighted by Crippen LogP contribution is 2.36. The Bertz CT molecular complexity index is 513. The second-order valence-corrected chi connectivity index (χ2v) is 7.02. The highest BCUT2D eigenvalue weighted by Gasteiger charge is 2.51. The van der Waals surface area contributed by atoms with Crippen LogP contribution >= 0.6 is 0 Å². The number of hydrogen-bond donors (Lipinski definition) is 0. The molecular formula is C16H25BN2O4. The zero-order valence-electron chi connectivity index (χ0n) is 14.4. The summed E-state index contributed by atoms with van der Waals surface area (Å²) in [6.07, 6.45) is 1.76. The Hall–Kier alpha value is -1.15. The molecule has 3 heterocycles. The van der Waals surface area contributed by atoms with Crippen molar-refractivity contribution >= 4 is 12.6 Å². The van der Waals surface area contributed by atoms with Gasteiger partial charge in [-0.15, -0.1) is 0 Å². The van der Waals surface area contributed by atoms with E-state index in [1.54, 1.807) is 6.20 Å². The van der Waals surface area contributed by atoms with Gasteiger partial charge in [0, 0.05) is 24.7 Å². The van der Waals surface area contributed by atoms with Gasteiger partial charge in [-0.1, -0.05) is 6.07 Å². The standard InChI is InChI=1S/C16H25BN2O4/c1-15(2)16(3,4)23-17(22-15)13-5-6-14(18-11-13)21-12-19-7-9-20-10-8-19/h5-6,11H,7-10,12H2,1-4H3. The van der Waals surface area contributed by atoms with E-state index in [0.29, 0.717) is 12.6 Å². The average Bonchev–Trinajstić information content (AvgIpc) is 2.75. The predicted molar refractivity (Wildman–Crippen MR) is 87.8 cm³/mol. The maximum atomic E-state index is 6.02. The molecule has 126 valence electrons. The first-order chi connectivity index (χ1) is 10.9. The summed E-state index contributed by atoms with van der Waals surface area (Å²) in [6, 6.07) is 3.81. The number of aromatic nitrogens is 1. The van der Waals surface area contributed by atoms with Gasteiger partial charge < -0.3 is 18.8 Å². The van der Waals surface area contributed by atoms with Crippen molar-refractivity contribution in [3.05, 3.63) is 18.3 Å². The van der Waals surface area contributed by atoms with Crippen LogP contribution < -0.4 is 10.2 Å². The van der Waals surface area contributed by atoms with Crippen LogP contribution in [0.1, 0.15) is 27.7 Å². The maximum Gasteiger partial charge on any atom is 0.496 e. The number of hydrogen-bond acceptors (Lipinski definition) is 6. The van der Waals surface area contributed by atoms with Crippen LogP contribution in [0.25, 0.3) is 0 Å². The zero-order valence-corrected chi connectivity index (χ0v) is 14.4. The molecule has 2 aliphatic heterocycles. The molecule has 6 nitrogen and oxygen atoms in total. The summed E-state index contributed by atoms with van der Waals surface area (Å²) in [5.41, 5.74) is 0.217. The minimum Gasteiger partial charge on any atom is -0.461 e. The van der Waals surface area contributed by atoms with E-state index in [4.69, 9.17) is 18.8 Å². The molecule has 0 N–H and O–H groups in total. The summed E-state index contributed by atoms with van der Waals surface area (Å²) in [7, 11) is -0.388. The van der Waals surface area contributed by atoms with E-state index in [0.717, 1.165) is 31.8 Å². The minimum absolute atomic E-state index is 0.344. The summed E-state index contributed by atoms with van der Waals surface area (Å²) in [5.74, 6) is 0.608. The molecule has 0 atom stereocenters. The van der Waals surface area contributed by atoms with E-state index < -0.39 is 0 Å². The van der Waals surface area contributed by atoms with Crippen LogP contribution in [0.5, 0.6) is 5.88 Å². The molecule has 0 aromatic carbocycles. The van der Waals surface area contributed by atoms with E-state index in [9.17, 15) is 0 Å². The lowest BCUT2D eigenvalue weighted by Gasteiger charge is -2.32. The van der Waals surface area contributed by atoms with Crippen LogP contribution in [-0.4, -0.2) is 61.2 Å². The molecule has 3 rings (SSSR count). The van der Waals surface area contributed by atoms with E-state index in [1.807, 2.05) is 39.8 Å². The van der Waals surface area contributed by atoms with Crippen molar-refractivity contribution in [1.29, 1.82) is 0 Å². The summed E-state index contributed by atoms with van der Waals surface area (Å²) < 4.78 is 23.1. The van der Waals surface area contributed by atoms with Gasteiger partial charge in [-0.25, -0.2) is 4.98 Å². The summed E-state index contributed by atoms with van der Waals surface area (Å²) >= 11 is 0. The third-order valence-corrected chi connectivity index (χ3v) is 4.78. The van der Waals surface area contributed by atoms with E-state index in [1.165, 1.54) is 0 Å². The van der Waals surface area contributed by atoms with Gasteiger partial charge in [0.1, 0.15) is 6.73 Å². The molecule has 2 saturated heterocycles. The SMILES string of the molecule is CC1(C)OB(c2ccc(OCN3CCOCC3)nc2)OC1(C)C. The fraction of sp³-hybridized carbons (Fsp3) is 0.688. The number of ether oxygens (including phenoxy) is 2. The number of pyridine rings is 1. The monoisotopic (exact) mass is 320 g/mol. The van der Waals surface area contributed by atoms with Crippen molar-refractivity contribution in [3.8, 4) is 5.88 Å². The van der Waals surface area contributed by atoms with Crippen LogP contribution in [0.4, 0.5) is 0 Å². The van der Waals surface area contributed by atoms with Crippen LogP contribution in [0.3, 0.4) is 0 Å². The van der Waals surface area contributed by atoms with Gasteiger partial charge in [0.2, 0.25) is 5.88 Å². The highest BCUT2D eigenvalue weighted by atomic mass is 16.7. The molecule has 23 heavy (non-hydrogen) atoms. The molecule has 1 aromatic heterocycles. The molecule has 2 fully saturated rings. The molecule has 0 unspecified atom stereocenters. The lowest BCUT2D eigenvalue weighted by molar-refractivity contribution is 0.00303. The molecular weight excluding hydrogens is 295 g/mol. The number of morpholine rings is 1. The topological polar surface area (TPSA) is 53.1 Å². The Morgan fingerprint density at radius 1 is 1.13 bits per heavy atom. The lowest BCUT2D eigenvalue weighted by atomic mass is 9.80. The fourth-order valence-electron chi connectivity index (χ4n) is 2.48. The van der Waals surface area contributed by atoms with Crippen molar-refractivity contribution < 1.29 is 18.8 Å². The molecule has 0 amide bonds. The Labute approximate surface area is 138 Å². The van der Waals surface area contributed by atoms with Gasteiger partial charge in [0.15, 0.2) is 0 Å². The third kappa shape index (κ3) is 3.69. The van der Waals surface area contributed by atoms with Crippen LogP contribution in [0.2, 0.25) is 0 Å². The second kappa shape index (κ2) is 6.40. The third-order valence-electron chi connectivity index (χ3n) is 4.78. The molecule has 2 aliphatic rings. The number of rotatable bonds is 4. The maximum absolute atomic E-state index is 6.02. The second-order valence-electron chi connectivity index (χ2n) is 7.02. The molecule has 0 saturated carbocycles. The zero-order chi connectivity index (χ0) is 16.5. The predicted octanol–water partition coefficient (Wildman–Crippen LogP) is 1.05. The van der Waals surface area contributed by atoms with Crippen molar-refractivity contribution in [2.24, 2.45) is 0 Å². The molecule has 0 aliphatic carbocycles. The van der Waals surface area contributed by atoms with Gasteiger partial charge in [0.05, 0.1) is 24.4 Å². The molecule has 0 radical (unpaired) electrons.